The number of hydrogen-bond donors (Lipinski definition) is 0. The van der Waals surface area contributed by atoms with Crippen LogP contribution in [0, 0.1) is 6.57 Å². The van der Waals surface area contributed by atoms with Crippen molar-refractivity contribution in [2.75, 3.05) is 62.7 Å². The number of likely N-dealkylation sites (tertiary alicyclic amines) is 1. The Morgan fingerprint density at radius 3 is 2.58 bits per heavy atom. The van der Waals surface area contributed by atoms with Gasteiger partial charge in [0.15, 0.2) is 0 Å². The highest BCUT2D eigenvalue weighted by atomic mass is 19.1. The zero-order valence-electron chi connectivity index (χ0n) is 27.2. The molecule has 0 spiro atoms. The lowest BCUT2D eigenvalue weighted by Gasteiger charge is -2.40. The van der Waals surface area contributed by atoms with Crippen molar-refractivity contribution >= 4 is 28.4 Å². The van der Waals surface area contributed by atoms with Crippen molar-refractivity contribution in [2.45, 2.75) is 44.2 Å². The molecule has 48 heavy (non-hydrogen) atoms. The smallest absolute Gasteiger partial charge is 0.410 e. The number of carbonyl (C=O) groups is 1. The first-order valence-electron chi connectivity index (χ1n) is 16.6. The minimum atomic E-state index is -0.868. The number of anilines is 2. The number of benzene rings is 3. The first-order chi connectivity index (χ1) is 23.5. The molecule has 7 rings (SSSR count). The summed E-state index contributed by atoms with van der Waals surface area (Å²) in [5.41, 5.74) is 4.02. The fourth-order valence-corrected chi connectivity index (χ4v) is 7.13. The Morgan fingerprint density at radius 1 is 0.958 bits per heavy atom. The number of piperazine rings is 1. The van der Waals surface area contributed by atoms with Gasteiger partial charge in [0.2, 0.25) is 6.54 Å². The monoisotopic (exact) mass is 649 g/mol. The molecule has 0 bridgehead atoms. The standard InChI is InChI=1S/C37H40FN7O3/c1-39-20-30-22-44(17-18-45(30)37(46)48-24-26-9-4-3-5-10-26)35-32-15-16-43(34-14-8-12-27-11-6-7-13-31(27)34)23-33(32)40-36(41-35)47-25-29-19-28(38)21-42(29)2/h3-14,28-30H,15-25H2,2H3/t28-,29+,30?/m1/s1. The summed E-state index contributed by atoms with van der Waals surface area (Å²) >= 11 is 0. The average Bonchev–Trinajstić information content (AvgIpc) is 3.45. The summed E-state index contributed by atoms with van der Waals surface area (Å²) in [6.45, 7) is 11.4. The van der Waals surface area contributed by atoms with Gasteiger partial charge in [0, 0.05) is 55.4 Å². The van der Waals surface area contributed by atoms with Gasteiger partial charge in [0.05, 0.1) is 12.2 Å². The maximum Gasteiger partial charge on any atom is 0.410 e. The zero-order chi connectivity index (χ0) is 33.0. The molecule has 0 saturated carbocycles. The number of ether oxygens (including phenoxy) is 2. The molecule has 3 atom stereocenters. The van der Waals surface area contributed by atoms with Gasteiger partial charge in [-0.3, -0.25) is 9.80 Å². The van der Waals surface area contributed by atoms with Gasteiger partial charge in [-0.2, -0.15) is 9.97 Å². The fourth-order valence-electron chi connectivity index (χ4n) is 7.13. The number of fused-ring (bicyclic) bond motifs is 2. The van der Waals surface area contributed by atoms with E-state index in [-0.39, 0.29) is 31.2 Å². The summed E-state index contributed by atoms with van der Waals surface area (Å²) in [6.07, 6.45) is -0.133. The fraction of sp³-hybridized carbons (Fsp3) is 0.405. The molecule has 3 aromatic carbocycles. The van der Waals surface area contributed by atoms with Crippen LogP contribution in [0.2, 0.25) is 0 Å². The van der Waals surface area contributed by atoms with Gasteiger partial charge in [0.25, 0.3) is 0 Å². The number of rotatable bonds is 8. The van der Waals surface area contributed by atoms with Crippen molar-refractivity contribution < 1.29 is 18.7 Å². The first kappa shape index (κ1) is 31.6. The highest BCUT2D eigenvalue weighted by molar-refractivity contribution is 5.94. The van der Waals surface area contributed by atoms with Gasteiger partial charge < -0.3 is 24.1 Å². The predicted molar refractivity (Wildman–Crippen MR) is 183 cm³/mol. The van der Waals surface area contributed by atoms with Gasteiger partial charge in [-0.15, -0.1) is 0 Å². The molecule has 3 aliphatic rings. The Bertz CT molecular complexity index is 1800. The van der Waals surface area contributed by atoms with Crippen molar-refractivity contribution in [2.24, 2.45) is 0 Å². The SMILES string of the molecule is [C-]#[N+]CC1CN(c2nc(OC[C@@H]3C[C@@H](F)CN3C)nc3c2CCN(c2cccc4ccccc24)C3)CCN1C(=O)OCc1ccccc1. The van der Waals surface area contributed by atoms with E-state index in [9.17, 15) is 9.18 Å². The predicted octanol–water partition coefficient (Wildman–Crippen LogP) is 5.36. The van der Waals surface area contributed by atoms with E-state index >= 15 is 0 Å². The maximum absolute atomic E-state index is 14.1. The lowest BCUT2D eigenvalue weighted by atomic mass is 10.0. The molecule has 0 aliphatic carbocycles. The number of hydrogen-bond acceptors (Lipinski definition) is 8. The van der Waals surface area contributed by atoms with Gasteiger partial charge in [-0.25, -0.2) is 15.8 Å². The molecule has 1 unspecified atom stereocenters. The van der Waals surface area contributed by atoms with E-state index in [0.717, 1.165) is 41.3 Å². The van der Waals surface area contributed by atoms with Crippen molar-refractivity contribution in [1.82, 2.24) is 19.8 Å². The molecule has 0 radical (unpaired) electrons. The van der Waals surface area contributed by atoms with E-state index in [1.54, 1.807) is 4.90 Å². The molecule has 11 heteroatoms. The van der Waals surface area contributed by atoms with E-state index in [4.69, 9.17) is 26.0 Å². The van der Waals surface area contributed by atoms with Crippen molar-refractivity contribution in [3.63, 3.8) is 0 Å². The number of amides is 1. The molecule has 4 heterocycles. The lowest BCUT2D eigenvalue weighted by Crippen LogP contribution is -2.57. The lowest BCUT2D eigenvalue weighted by molar-refractivity contribution is 0.0788. The molecule has 1 aromatic heterocycles. The van der Waals surface area contributed by atoms with Gasteiger partial charge in [0.1, 0.15) is 31.2 Å². The molecule has 10 nitrogen and oxygen atoms in total. The van der Waals surface area contributed by atoms with Crippen LogP contribution in [-0.4, -0.2) is 97.0 Å². The number of nitrogens with zero attached hydrogens (tertiary/aromatic N) is 7. The van der Waals surface area contributed by atoms with E-state index in [1.807, 2.05) is 42.3 Å². The zero-order valence-corrected chi connectivity index (χ0v) is 27.2. The summed E-state index contributed by atoms with van der Waals surface area (Å²) < 4.78 is 26.0. The number of likely N-dealkylation sites (N-methyl/N-ethyl adjacent to an activating group) is 1. The van der Waals surface area contributed by atoms with Crippen LogP contribution in [0.3, 0.4) is 0 Å². The minimum Gasteiger partial charge on any atom is -0.462 e. The molecule has 248 valence electrons. The van der Waals surface area contributed by atoms with Gasteiger partial charge >= 0.3 is 12.1 Å². The molecule has 2 fully saturated rings. The van der Waals surface area contributed by atoms with Crippen LogP contribution in [0.5, 0.6) is 6.01 Å². The third-order valence-corrected chi connectivity index (χ3v) is 9.70. The number of alkyl halides is 1. The largest absolute Gasteiger partial charge is 0.462 e. The number of aromatic nitrogens is 2. The van der Waals surface area contributed by atoms with Gasteiger partial charge in [-0.1, -0.05) is 66.7 Å². The minimum absolute atomic E-state index is 0.0521. The highest BCUT2D eigenvalue weighted by Gasteiger charge is 2.37. The molecule has 4 aromatic rings. The summed E-state index contributed by atoms with van der Waals surface area (Å²) in [5.74, 6) is 0.781. The molecule has 2 saturated heterocycles. The Hall–Kier alpha value is -4.95. The third-order valence-electron chi connectivity index (χ3n) is 9.70. The Labute approximate surface area is 280 Å². The molecular formula is C37H40FN7O3. The van der Waals surface area contributed by atoms with E-state index < -0.39 is 12.3 Å². The Balaban J connectivity index is 1.15. The summed E-state index contributed by atoms with van der Waals surface area (Å²) in [6, 6.07) is 24.2. The van der Waals surface area contributed by atoms with E-state index in [0.29, 0.717) is 45.8 Å². The number of halogens is 1. The summed E-state index contributed by atoms with van der Waals surface area (Å²) in [5, 5.41) is 2.38. The first-order valence-corrected chi connectivity index (χ1v) is 16.6. The Kier molecular flexibility index (Phi) is 9.25. The van der Waals surface area contributed by atoms with Crippen LogP contribution >= 0.6 is 0 Å². The van der Waals surface area contributed by atoms with Crippen LogP contribution in [0.15, 0.2) is 72.8 Å². The van der Waals surface area contributed by atoms with Crippen LogP contribution in [0.4, 0.5) is 20.7 Å². The van der Waals surface area contributed by atoms with Crippen LogP contribution in [0.25, 0.3) is 15.6 Å². The summed E-state index contributed by atoms with van der Waals surface area (Å²) in [4.78, 5) is 34.9. The molecular weight excluding hydrogens is 609 g/mol. The topological polar surface area (TPSA) is 78.6 Å². The van der Waals surface area contributed by atoms with Crippen LogP contribution in [-0.2, 0) is 24.3 Å². The average molecular weight is 650 g/mol. The Morgan fingerprint density at radius 2 is 1.77 bits per heavy atom. The van der Waals surface area contributed by atoms with E-state index in [2.05, 4.69) is 57.1 Å². The van der Waals surface area contributed by atoms with Crippen molar-refractivity contribution in [1.29, 1.82) is 0 Å². The summed E-state index contributed by atoms with van der Waals surface area (Å²) in [7, 11) is 1.91. The van der Waals surface area contributed by atoms with Crippen molar-refractivity contribution in [3.8, 4) is 6.01 Å². The van der Waals surface area contributed by atoms with Crippen LogP contribution < -0.4 is 14.5 Å². The second-order valence-electron chi connectivity index (χ2n) is 12.8. The quantitative estimate of drug-likeness (QED) is 0.236. The second kappa shape index (κ2) is 14.0. The van der Waals surface area contributed by atoms with Crippen LogP contribution in [0.1, 0.15) is 23.2 Å². The van der Waals surface area contributed by atoms with Crippen molar-refractivity contribution in [3.05, 3.63) is 101 Å². The second-order valence-corrected chi connectivity index (χ2v) is 12.8. The highest BCUT2D eigenvalue weighted by Crippen LogP contribution is 2.35. The number of carbonyl (C=O) groups excluding carboxylic acids is 1. The molecule has 0 N–H and O–H groups in total. The van der Waals surface area contributed by atoms with E-state index in [1.165, 1.54) is 10.8 Å². The molecule has 1 amide bonds. The normalized spacial score (nSPS) is 21.2. The third kappa shape index (κ3) is 6.71. The maximum atomic E-state index is 14.1. The van der Waals surface area contributed by atoms with Gasteiger partial charge in [-0.05, 0) is 36.9 Å². The molecule has 3 aliphatic heterocycles.